The summed E-state index contributed by atoms with van der Waals surface area (Å²) in [5, 5.41) is 21.6. The Hall–Kier alpha value is -1.20. The molecule has 2 unspecified atom stereocenters. The molecule has 3 N–H and O–H groups in total. The van der Waals surface area contributed by atoms with Gasteiger partial charge >= 0.3 is 5.97 Å². The van der Waals surface area contributed by atoms with Gasteiger partial charge in [0.05, 0.1) is 12.2 Å². The van der Waals surface area contributed by atoms with Crippen LogP contribution in [0.3, 0.4) is 0 Å². The maximum Gasteiger partial charge on any atom is 0.337 e. The summed E-state index contributed by atoms with van der Waals surface area (Å²) in [5.41, 5.74) is 1.85. The standard InChI is InChI=1S/C13H19NO3S/c1-8-4-5-10(13(16)17)11(6-8)14-9(2)12(7-15)18-3/h4-6,9,12,14-15H,7H2,1-3H3,(H,16,17). The smallest absolute Gasteiger partial charge is 0.337 e. The number of anilines is 1. The molecule has 1 aromatic rings. The average molecular weight is 269 g/mol. The summed E-state index contributed by atoms with van der Waals surface area (Å²) in [6.07, 6.45) is 1.92. The Labute approximate surface area is 111 Å². The molecule has 0 saturated heterocycles. The van der Waals surface area contributed by atoms with E-state index in [1.54, 1.807) is 23.9 Å². The molecule has 18 heavy (non-hydrogen) atoms. The zero-order chi connectivity index (χ0) is 13.7. The Balaban J connectivity index is 2.95. The lowest BCUT2D eigenvalue weighted by Crippen LogP contribution is -2.31. The Morgan fingerprint density at radius 2 is 2.17 bits per heavy atom. The molecule has 0 bridgehead atoms. The van der Waals surface area contributed by atoms with Crippen LogP contribution in [0.25, 0.3) is 0 Å². The topological polar surface area (TPSA) is 69.6 Å². The van der Waals surface area contributed by atoms with Gasteiger partial charge in [-0.3, -0.25) is 0 Å². The van der Waals surface area contributed by atoms with Gasteiger partial charge in [-0.25, -0.2) is 4.79 Å². The molecule has 0 aromatic heterocycles. The molecule has 4 nitrogen and oxygen atoms in total. The summed E-state index contributed by atoms with van der Waals surface area (Å²) >= 11 is 1.56. The maximum absolute atomic E-state index is 11.1. The van der Waals surface area contributed by atoms with E-state index >= 15 is 0 Å². The van der Waals surface area contributed by atoms with Crippen LogP contribution in [0.15, 0.2) is 18.2 Å². The van der Waals surface area contributed by atoms with Gasteiger partial charge in [0, 0.05) is 17.0 Å². The minimum atomic E-state index is -0.950. The molecule has 100 valence electrons. The lowest BCUT2D eigenvalue weighted by molar-refractivity contribution is 0.0698. The average Bonchev–Trinajstić information content (AvgIpc) is 2.30. The fraction of sp³-hybridized carbons (Fsp3) is 0.462. The molecular weight excluding hydrogens is 250 g/mol. The number of thioether (sulfide) groups is 1. The van der Waals surface area contributed by atoms with Crippen LogP contribution in [0.4, 0.5) is 5.69 Å². The van der Waals surface area contributed by atoms with Gasteiger partial charge < -0.3 is 15.5 Å². The molecule has 0 radical (unpaired) electrons. The van der Waals surface area contributed by atoms with Gasteiger partial charge in [-0.05, 0) is 37.8 Å². The van der Waals surface area contributed by atoms with Crippen molar-refractivity contribution in [1.29, 1.82) is 0 Å². The van der Waals surface area contributed by atoms with E-state index in [4.69, 9.17) is 5.11 Å². The molecule has 0 aliphatic rings. The van der Waals surface area contributed by atoms with Crippen LogP contribution >= 0.6 is 11.8 Å². The van der Waals surface area contributed by atoms with Crippen molar-refractivity contribution < 1.29 is 15.0 Å². The van der Waals surface area contributed by atoms with Crippen molar-refractivity contribution in [2.45, 2.75) is 25.1 Å². The monoisotopic (exact) mass is 269 g/mol. The number of aliphatic hydroxyl groups is 1. The van der Waals surface area contributed by atoms with E-state index in [1.807, 2.05) is 26.2 Å². The van der Waals surface area contributed by atoms with Gasteiger partial charge in [0.1, 0.15) is 0 Å². The maximum atomic E-state index is 11.1. The fourth-order valence-electron chi connectivity index (χ4n) is 1.74. The molecule has 2 atom stereocenters. The van der Waals surface area contributed by atoms with Gasteiger partial charge in [-0.1, -0.05) is 6.07 Å². The van der Waals surface area contributed by atoms with Crippen molar-refractivity contribution in [2.24, 2.45) is 0 Å². The van der Waals surface area contributed by atoms with E-state index in [2.05, 4.69) is 5.32 Å². The van der Waals surface area contributed by atoms with E-state index in [-0.39, 0.29) is 23.5 Å². The van der Waals surface area contributed by atoms with E-state index in [9.17, 15) is 9.90 Å². The molecule has 0 saturated carbocycles. The van der Waals surface area contributed by atoms with E-state index < -0.39 is 5.97 Å². The third-order valence-electron chi connectivity index (χ3n) is 2.83. The SMILES string of the molecule is CSC(CO)C(C)Nc1cc(C)ccc1C(=O)O. The van der Waals surface area contributed by atoms with Gasteiger partial charge in [0.25, 0.3) is 0 Å². The van der Waals surface area contributed by atoms with Crippen LogP contribution in [0.1, 0.15) is 22.8 Å². The molecule has 0 amide bonds. The molecule has 0 aliphatic carbocycles. The highest BCUT2D eigenvalue weighted by atomic mass is 32.2. The van der Waals surface area contributed by atoms with Crippen LogP contribution < -0.4 is 5.32 Å². The van der Waals surface area contributed by atoms with Crippen molar-refractivity contribution in [1.82, 2.24) is 0 Å². The molecule has 1 aromatic carbocycles. The quantitative estimate of drug-likeness (QED) is 0.738. The summed E-state index contributed by atoms with van der Waals surface area (Å²) in [5.74, 6) is -0.950. The lowest BCUT2D eigenvalue weighted by atomic mass is 10.1. The van der Waals surface area contributed by atoms with Crippen LogP contribution in [-0.4, -0.2) is 40.3 Å². The highest BCUT2D eigenvalue weighted by Crippen LogP contribution is 2.21. The third-order valence-corrected chi connectivity index (χ3v) is 3.99. The molecule has 0 heterocycles. The van der Waals surface area contributed by atoms with Crippen molar-refractivity contribution >= 4 is 23.4 Å². The predicted octanol–water partition coefficient (Wildman–Crippen LogP) is 2.22. The Kier molecular flexibility index (Phi) is 5.50. The Morgan fingerprint density at radius 1 is 1.50 bits per heavy atom. The first-order valence-electron chi connectivity index (χ1n) is 5.73. The Bertz CT molecular complexity index is 419. The van der Waals surface area contributed by atoms with Crippen molar-refractivity contribution in [3.05, 3.63) is 29.3 Å². The van der Waals surface area contributed by atoms with Crippen LogP contribution in [0, 0.1) is 6.92 Å². The Morgan fingerprint density at radius 3 is 2.67 bits per heavy atom. The van der Waals surface area contributed by atoms with Gasteiger partial charge in [0.15, 0.2) is 0 Å². The zero-order valence-corrected chi connectivity index (χ0v) is 11.6. The molecule has 1 rings (SSSR count). The van der Waals surface area contributed by atoms with E-state index in [1.165, 1.54) is 0 Å². The van der Waals surface area contributed by atoms with Gasteiger partial charge in [-0.15, -0.1) is 0 Å². The minimum absolute atomic E-state index is 0.00935. The number of aryl methyl sites for hydroxylation is 1. The number of hydrogen-bond acceptors (Lipinski definition) is 4. The number of carboxylic acid groups (broad SMARTS) is 1. The van der Waals surface area contributed by atoms with E-state index in [0.29, 0.717) is 5.69 Å². The first-order chi connectivity index (χ1) is 8.49. The van der Waals surface area contributed by atoms with E-state index in [0.717, 1.165) is 5.56 Å². The number of nitrogens with one attached hydrogen (secondary N) is 1. The first kappa shape index (κ1) is 14.9. The molecule has 5 heteroatoms. The number of carboxylic acids is 1. The second-order valence-electron chi connectivity index (χ2n) is 4.24. The largest absolute Gasteiger partial charge is 0.478 e. The number of benzene rings is 1. The lowest BCUT2D eigenvalue weighted by Gasteiger charge is -2.23. The second kappa shape index (κ2) is 6.66. The highest BCUT2D eigenvalue weighted by Gasteiger charge is 2.18. The number of aliphatic hydroxyl groups excluding tert-OH is 1. The molecule has 0 aliphatic heterocycles. The summed E-state index contributed by atoms with van der Waals surface area (Å²) in [4.78, 5) is 11.1. The second-order valence-corrected chi connectivity index (χ2v) is 5.32. The minimum Gasteiger partial charge on any atom is -0.478 e. The summed E-state index contributed by atoms with van der Waals surface area (Å²) in [6, 6.07) is 5.18. The molecule has 0 spiro atoms. The summed E-state index contributed by atoms with van der Waals surface area (Å²) < 4.78 is 0. The number of rotatable bonds is 6. The summed E-state index contributed by atoms with van der Waals surface area (Å²) in [7, 11) is 0. The number of carbonyl (C=O) groups is 1. The summed E-state index contributed by atoms with van der Waals surface area (Å²) in [6.45, 7) is 3.91. The number of hydrogen-bond donors (Lipinski definition) is 3. The fourth-order valence-corrected chi connectivity index (χ4v) is 2.36. The van der Waals surface area contributed by atoms with Crippen molar-refractivity contribution in [3.63, 3.8) is 0 Å². The number of aromatic carboxylic acids is 1. The predicted molar refractivity (Wildman–Crippen MR) is 75.6 cm³/mol. The molecular formula is C13H19NO3S. The van der Waals surface area contributed by atoms with Crippen LogP contribution in [-0.2, 0) is 0 Å². The first-order valence-corrected chi connectivity index (χ1v) is 7.02. The normalized spacial score (nSPS) is 14.0. The third kappa shape index (κ3) is 3.65. The van der Waals surface area contributed by atoms with Gasteiger partial charge in [0.2, 0.25) is 0 Å². The van der Waals surface area contributed by atoms with Crippen LogP contribution in [0.5, 0.6) is 0 Å². The highest BCUT2D eigenvalue weighted by molar-refractivity contribution is 7.99. The van der Waals surface area contributed by atoms with Crippen molar-refractivity contribution in [3.8, 4) is 0 Å². The van der Waals surface area contributed by atoms with Gasteiger partial charge in [-0.2, -0.15) is 11.8 Å². The zero-order valence-electron chi connectivity index (χ0n) is 10.8. The van der Waals surface area contributed by atoms with Crippen LogP contribution in [0.2, 0.25) is 0 Å². The van der Waals surface area contributed by atoms with Crippen molar-refractivity contribution in [2.75, 3.05) is 18.2 Å². The molecule has 0 fully saturated rings.